The molecular weight excluding hydrogens is 336 g/mol. The van der Waals surface area contributed by atoms with Gasteiger partial charge in [-0.25, -0.2) is 0 Å². The Hall–Kier alpha value is -3.01. The van der Waals surface area contributed by atoms with Gasteiger partial charge in [0.15, 0.2) is 6.10 Å². The molecule has 0 saturated carbocycles. The molecule has 0 aliphatic rings. The van der Waals surface area contributed by atoms with Crippen LogP contribution in [-0.4, -0.2) is 27.8 Å². The highest BCUT2D eigenvalue weighted by atomic mass is 32.1. The number of carbonyl (C=O) groups excluding carboxylic acids is 2. The summed E-state index contributed by atoms with van der Waals surface area (Å²) in [5.41, 5.74) is 5.84. The van der Waals surface area contributed by atoms with Gasteiger partial charge in [0.2, 0.25) is 5.75 Å². The van der Waals surface area contributed by atoms with Gasteiger partial charge in [0, 0.05) is 6.92 Å². The van der Waals surface area contributed by atoms with Crippen LogP contribution in [0.5, 0.6) is 5.75 Å². The summed E-state index contributed by atoms with van der Waals surface area (Å²) in [6.45, 7) is 3.03. The van der Waals surface area contributed by atoms with Crippen molar-refractivity contribution in [3.63, 3.8) is 0 Å². The van der Waals surface area contributed by atoms with Crippen LogP contribution in [0.4, 0.5) is 10.8 Å². The molecule has 2 heterocycles. The smallest absolute Gasteiger partial charge is 0.406 e. The van der Waals surface area contributed by atoms with Crippen LogP contribution in [0.1, 0.15) is 23.0 Å². The summed E-state index contributed by atoms with van der Waals surface area (Å²) in [4.78, 5) is 37.5. The fourth-order valence-corrected chi connectivity index (χ4v) is 2.61. The number of nitrogens with one attached hydrogen (secondary N) is 1. The topological polar surface area (TPSA) is 137 Å². The average Bonchev–Trinajstić information content (AvgIpc) is 2.97. The van der Waals surface area contributed by atoms with E-state index in [2.05, 4.69) is 10.3 Å². The van der Waals surface area contributed by atoms with Gasteiger partial charge in [-0.2, -0.15) is 0 Å². The van der Waals surface area contributed by atoms with E-state index in [1.807, 2.05) is 0 Å². The number of pyridine rings is 1. The Morgan fingerprint density at radius 3 is 2.75 bits per heavy atom. The minimum Gasteiger partial charge on any atom is -0.473 e. The number of amides is 2. The number of aromatic nitrogens is 1. The summed E-state index contributed by atoms with van der Waals surface area (Å²) in [5.74, 6) is -1.83. The van der Waals surface area contributed by atoms with E-state index in [1.54, 1.807) is 12.3 Å². The van der Waals surface area contributed by atoms with Gasteiger partial charge in [0.25, 0.3) is 11.8 Å². The van der Waals surface area contributed by atoms with Gasteiger partial charge < -0.3 is 25.9 Å². The van der Waals surface area contributed by atoms with Crippen LogP contribution in [0.15, 0.2) is 23.6 Å². The van der Waals surface area contributed by atoms with Gasteiger partial charge >= 0.3 is 5.82 Å². The Labute approximate surface area is 140 Å². The van der Waals surface area contributed by atoms with Crippen LogP contribution in [0.3, 0.4) is 0 Å². The number of nitro groups is 1. The van der Waals surface area contributed by atoms with Crippen LogP contribution in [0, 0.1) is 17.0 Å². The first-order valence-electron chi connectivity index (χ1n) is 6.76. The summed E-state index contributed by atoms with van der Waals surface area (Å²) in [6.07, 6.45) is -1.05. The number of rotatable bonds is 6. The molecule has 24 heavy (non-hydrogen) atoms. The SMILES string of the molecule is Cc1ccc(O[C@@H](C)C(=O)Nc2sccc2C(N)=O)c([N+](=O)[O-])n1. The van der Waals surface area contributed by atoms with E-state index in [0.29, 0.717) is 10.7 Å². The largest absolute Gasteiger partial charge is 0.473 e. The predicted octanol–water partition coefficient (Wildman–Crippen LogP) is 1.86. The normalized spacial score (nSPS) is 11.6. The van der Waals surface area contributed by atoms with Crippen molar-refractivity contribution in [3.05, 3.63) is 45.0 Å². The molecule has 0 bridgehead atoms. The van der Waals surface area contributed by atoms with Crippen molar-refractivity contribution >= 4 is 34.0 Å². The third kappa shape index (κ3) is 3.84. The van der Waals surface area contributed by atoms with Crippen molar-refractivity contribution in [2.24, 2.45) is 5.73 Å². The van der Waals surface area contributed by atoms with Gasteiger partial charge in [-0.3, -0.25) is 9.59 Å². The van der Waals surface area contributed by atoms with Gasteiger partial charge in [-0.15, -0.1) is 11.3 Å². The van der Waals surface area contributed by atoms with E-state index in [-0.39, 0.29) is 11.3 Å². The summed E-state index contributed by atoms with van der Waals surface area (Å²) in [6, 6.07) is 4.41. The highest BCUT2D eigenvalue weighted by molar-refractivity contribution is 7.14. The third-order valence-corrected chi connectivity index (χ3v) is 3.82. The molecular formula is C14H14N4O5S. The van der Waals surface area contributed by atoms with Crippen LogP contribution in [0.25, 0.3) is 0 Å². The van der Waals surface area contributed by atoms with Gasteiger partial charge in [0.05, 0.1) is 5.56 Å². The van der Waals surface area contributed by atoms with E-state index in [0.717, 1.165) is 11.3 Å². The molecule has 0 unspecified atom stereocenters. The number of primary amides is 1. The van der Waals surface area contributed by atoms with E-state index >= 15 is 0 Å². The van der Waals surface area contributed by atoms with E-state index in [9.17, 15) is 19.7 Å². The number of aryl methyl sites for hydroxylation is 1. The van der Waals surface area contributed by atoms with Crippen LogP contribution in [0.2, 0.25) is 0 Å². The number of ether oxygens (including phenoxy) is 1. The lowest BCUT2D eigenvalue weighted by Gasteiger charge is -2.14. The molecule has 0 aromatic carbocycles. The maximum absolute atomic E-state index is 12.2. The highest BCUT2D eigenvalue weighted by Gasteiger charge is 2.24. The average molecular weight is 350 g/mol. The molecule has 2 aromatic heterocycles. The van der Waals surface area contributed by atoms with Crippen molar-refractivity contribution < 1.29 is 19.2 Å². The summed E-state index contributed by atoms with van der Waals surface area (Å²) < 4.78 is 5.34. The van der Waals surface area contributed by atoms with E-state index < -0.39 is 28.7 Å². The monoisotopic (exact) mass is 350 g/mol. The number of hydrogen-bond donors (Lipinski definition) is 2. The number of anilines is 1. The van der Waals surface area contributed by atoms with Crippen molar-refractivity contribution in [1.29, 1.82) is 0 Å². The molecule has 2 aromatic rings. The van der Waals surface area contributed by atoms with Gasteiger partial charge in [-0.05, 0) is 40.4 Å². The van der Waals surface area contributed by atoms with Crippen molar-refractivity contribution in [1.82, 2.24) is 4.98 Å². The van der Waals surface area contributed by atoms with Gasteiger partial charge in [-0.1, -0.05) is 0 Å². The van der Waals surface area contributed by atoms with Gasteiger partial charge in [0.1, 0.15) is 10.7 Å². The Bertz CT molecular complexity index is 804. The molecule has 3 N–H and O–H groups in total. The summed E-state index contributed by atoms with van der Waals surface area (Å²) in [7, 11) is 0. The second-order valence-electron chi connectivity index (χ2n) is 4.81. The molecule has 0 saturated heterocycles. The first-order chi connectivity index (χ1) is 11.3. The molecule has 1 atom stereocenters. The highest BCUT2D eigenvalue weighted by Crippen LogP contribution is 2.27. The lowest BCUT2D eigenvalue weighted by atomic mass is 10.3. The Morgan fingerprint density at radius 1 is 1.42 bits per heavy atom. The van der Waals surface area contributed by atoms with Crippen LogP contribution < -0.4 is 15.8 Å². The van der Waals surface area contributed by atoms with E-state index in [1.165, 1.54) is 25.1 Å². The first-order valence-corrected chi connectivity index (χ1v) is 7.64. The Morgan fingerprint density at radius 2 is 2.12 bits per heavy atom. The zero-order valence-electron chi connectivity index (χ0n) is 12.8. The number of thiophene rings is 1. The molecule has 126 valence electrons. The fraction of sp³-hybridized carbons (Fsp3) is 0.214. The van der Waals surface area contributed by atoms with Crippen molar-refractivity contribution in [2.75, 3.05) is 5.32 Å². The second kappa shape index (κ2) is 7.04. The fourth-order valence-electron chi connectivity index (χ4n) is 1.81. The summed E-state index contributed by atoms with van der Waals surface area (Å²) >= 11 is 1.13. The predicted molar refractivity (Wildman–Crippen MR) is 87.2 cm³/mol. The molecule has 0 aliphatic heterocycles. The Balaban J connectivity index is 2.14. The van der Waals surface area contributed by atoms with Crippen LogP contribution in [-0.2, 0) is 4.79 Å². The standard InChI is InChI=1S/C14H14N4O5S/c1-7-3-4-10(12(16-7)18(21)22)23-8(2)13(20)17-14-9(11(15)19)5-6-24-14/h3-6,8H,1-2H3,(H2,15,19)(H,17,20)/t8-/m0/s1. The van der Waals surface area contributed by atoms with Crippen LogP contribution >= 0.6 is 11.3 Å². The molecule has 2 amide bonds. The summed E-state index contributed by atoms with van der Waals surface area (Å²) in [5, 5.41) is 15.4. The number of nitrogens with zero attached hydrogens (tertiary/aromatic N) is 2. The lowest BCUT2D eigenvalue weighted by Crippen LogP contribution is -2.30. The first kappa shape index (κ1) is 17.3. The molecule has 0 aliphatic carbocycles. The molecule has 9 nitrogen and oxygen atoms in total. The third-order valence-electron chi connectivity index (χ3n) is 2.99. The molecule has 0 spiro atoms. The molecule has 2 rings (SSSR count). The minimum atomic E-state index is -1.05. The molecule has 0 radical (unpaired) electrons. The maximum atomic E-state index is 12.2. The second-order valence-corrected chi connectivity index (χ2v) is 5.72. The minimum absolute atomic E-state index is 0.116. The molecule has 10 heteroatoms. The number of hydrogen-bond acceptors (Lipinski definition) is 7. The number of carbonyl (C=O) groups is 2. The zero-order chi connectivity index (χ0) is 17.9. The van der Waals surface area contributed by atoms with Crippen molar-refractivity contribution in [3.8, 4) is 5.75 Å². The Kier molecular flexibility index (Phi) is 5.09. The quantitative estimate of drug-likeness (QED) is 0.602. The lowest BCUT2D eigenvalue weighted by molar-refractivity contribution is -0.390. The van der Waals surface area contributed by atoms with Crippen molar-refractivity contribution in [2.45, 2.75) is 20.0 Å². The number of nitrogens with two attached hydrogens (primary N) is 1. The van der Waals surface area contributed by atoms with E-state index in [4.69, 9.17) is 10.5 Å². The maximum Gasteiger partial charge on any atom is 0.406 e. The zero-order valence-corrected chi connectivity index (χ0v) is 13.6. The molecule has 0 fully saturated rings.